The first-order valence-corrected chi connectivity index (χ1v) is 5.07. The number of Topliss-reactive ketones (excluding diaryl/α,β-unsaturated/α-hetero) is 1. The maximum Gasteiger partial charge on any atom is 0.165 e. The largest absolute Gasteiger partial charge is 0.385 e. The van der Waals surface area contributed by atoms with E-state index in [1.165, 1.54) is 18.2 Å². The number of rotatable bonds is 4. The highest BCUT2D eigenvalue weighted by molar-refractivity contribution is 6.31. The van der Waals surface area contributed by atoms with Gasteiger partial charge in [-0.1, -0.05) is 18.5 Å². The molecule has 82 valence electrons. The summed E-state index contributed by atoms with van der Waals surface area (Å²) in [6, 6.07) is 3.84. The molecule has 1 N–H and O–H groups in total. The number of aliphatic hydroxyl groups excluding tert-OH is 1. The minimum atomic E-state index is -0.996. The van der Waals surface area contributed by atoms with Crippen molar-refractivity contribution in [2.24, 2.45) is 0 Å². The van der Waals surface area contributed by atoms with Gasteiger partial charge in [-0.2, -0.15) is 0 Å². The standard InChI is InChI=1S/C11H12ClFO2/c1-2-10(14)11(15)6-7-5-8(13)3-4-9(7)12/h3-5,10,14H,2,6H2,1H3. The molecule has 0 saturated carbocycles. The molecule has 0 radical (unpaired) electrons. The molecule has 0 saturated heterocycles. The van der Waals surface area contributed by atoms with Crippen LogP contribution in [0.3, 0.4) is 0 Å². The molecule has 15 heavy (non-hydrogen) atoms. The fraction of sp³-hybridized carbons (Fsp3) is 0.364. The molecule has 0 spiro atoms. The molecule has 0 amide bonds. The highest BCUT2D eigenvalue weighted by atomic mass is 35.5. The summed E-state index contributed by atoms with van der Waals surface area (Å²) in [7, 11) is 0. The monoisotopic (exact) mass is 230 g/mol. The second kappa shape index (κ2) is 5.24. The third-order valence-corrected chi connectivity index (χ3v) is 2.50. The van der Waals surface area contributed by atoms with Crippen LogP contribution in [0.25, 0.3) is 0 Å². The summed E-state index contributed by atoms with van der Waals surface area (Å²) in [6.45, 7) is 1.70. The molecular weight excluding hydrogens is 219 g/mol. The first kappa shape index (κ1) is 12.1. The minimum absolute atomic E-state index is 0.0361. The topological polar surface area (TPSA) is 37.3 Å². The maximum absolute atomic E-state index is 12.8. The Morgan fingerprint density at radius 3 is 2.87 bits per heavy atom. The molecule has 1 aromatic rings. The van der Waals surface area contributed by atoms with Crippen LogP contribution in [0.2, 0.25) is 5.02 Å². The Labute approximate surface area is 92.7 Å². The van der Waals surface area contributed by atoms with Crippen molar-refractivity contribution < 1.29 is 14.3 Å². The Balaban J connectivity index is 2.80. The molecule has 0 aliphatic rings. The lowest BCUT2D eigenvalue weighted by Crippen LogP contribution is -2.21. The molecule has 0 aliphatic heterocycles. The molecule has 1 rings (SSSR count). The third-order valence-electron chi connectivity index (χ3n) is 2.13. The summed E-state index contributed by atoms with van der Waals surface area (Å²) >= 11 is 5.79. The van der Waals surface area contributed by atoms with E-state index in [1.807, 2.05) is 0 Å². The smallest absolute Gasteiger partial charge is 0.165 e. The van der Waals surface area contributed by atoms with E-state index in [0.29, 0.717) is 17.0 Å². The molecule has 0 heterocycles. The van der Waals surface area contributed by atoms with Gasteiger partial charge in [-0.25, -0.2) is 4.39 Å². The number of carbonyl (C=O) groups is 1. The van der Waals surface area contributed by atoms with E-state index in [2.05, 4.69) is 0 Å². The number of benzene rings is 1. The Morgan fingerprint density at radius 1 is 1.60 bits per heavy atom. The van der Waals surface area contributed by atoms with Gasteiger partial charge in [-0.3, -0.25) is 4.79 Å². The zero-order chi connectivity index (χ0) is 11.4. The highest BCUT2D eigenvalue weighted by Crippen LogP contribution is 2.18. The van der Waals surface area contributed by atoms with E-state index >= 15 is 0 Å². The van der Waals surface area contributed by atoms with Crippen LogP contribution in [0.4, 0.5) is 4.39 Å². The Bertz CT molecular complexity index is 366. The molecule has 2 nitrogen and oxygen atoms in total. The molecule has 0 aliphatic carbocycles. The van der Waals surface area contributed by atoms with E-state index in [-0.39, 0.29) is 12.2 Å². The summed E-state index contributed by atoms with van der Waals surface area (Å²) in [4.78, 5) is 11.4. The summed E-state index contributed by atoms with van der Waals surface area (Å²) in [5.41, 5.74) is 0.411. The minimum Gasteiger partial charge on any atom is -0.385 e. The van der Waals surface area contributed by atoms with Crippen molar-refractivity contribution in [3.63, 3.8) is 0 Å². The van der Waals surface area contributed by atoms with E-state index in [4.69, 9.17) is 11.6 Å². The number of carbonyl (C=O) groups excluding carboxylic acids is 1. The number of halogens is 2. The summed E-state index contributed by atoms with van der Waals surface area (Å²) < 4.78 is 12.8. The van der Waals surface area contributed by atoms with Crippen LogP contribution < -0.4 is 0 Å². The summed E-state index contributed by atoms with van der Waals surface area (Å²) in [6.07, 6.45) is -0.679. The quantitative estimate of drug-likeness (QED) is 0.862. The molecule has 0 bridgehead atoms. The predicted molar refractivity (Wildman–Crippen MR) is 56.4 cm³/mol. The maximum atomic E-state index is 12.8. The molecule has 0 fully saturated rings. The second-order valence-electron chi connectivity index (χ2n) is 3.30. The predicted octanol–water partition coefficient (Wildman–Crippen LogP) is 2.36. The van der Waals surface area contributed by atoms with E-state index in [9.17, 15) is 14.3 Å². The van der Waals surface area contributed by atoms with Crippen LogP contribution in [0.15, 0.2) is 18.2 Å². The fourth-order valence-corrected chi connectivity index (χ4v) is 1.40. The van der Waals surface area contributed by atoms with Crippen LogP contribution in [-0.2, 0) is 11.2 Å². The lowest BCUT2D eigenvalue weighted by molar-refractivity contribution is -0.126. The van der Waals surface area contributed by atoms with Crippen LogP contribution in [0.1, 0.15) is 18.9 Å². The number of aliphatic hydroxyl groups is 1. The van der Waals surface area contributed by atoms with Gasteiger partial charge in [-0.15, -0.1) is 0 Å². The zero-order valence-electron chi connectivity index (χ0n) is 8.34. The average molecular weight is 231 g/mol. The van der Waals surface area contributed by atoms with Crippen LogP contribution >= 0.6 is 11.6 Å². The fourth-order valence-electron chi connectivity index (χ4n) is 1.21. The summed E-state index contributed by atoms with van der Waals surface area (Å²) in [5.74, 6) is -0.779. The number of ketones is 1. The van der Waals surface area contributed by atoms with Crippen molar-refractivity contribution in [2.45, 2.75) is 25.9 Å². The molecular formula is C11H12ClFO2. The third kappa shape index (κ3) is 3.29. The molecule has 0 aromatic heterocycles. The van der Waals surface area contributed by atoms with Gasteiger partial charge >= 0.3 is 0 Å². The lowest BCUT2D eigenvalue weighted by atomic mass is 10.0. The Hall–Kier alpha value is -0.930. The van der Waals surface area contributed by atoms with Gasteiger partial charge in [0.2, 0.25) is 0 Å². The Morgan fingerprint density at radius 2 is 2.27 bits per heavy atom. The second-order valence-corrected chi connectivity index (χ2v) is 3.71. The van der Waals surface area contributed by atoms with Gasteiger partial charge in [-0.05, 0) is 30.2 Å². The molecule has 4 heteroatoms. The van der Waals surface area contributed by atoms with Crippen LogP contribution in [0, 0.1) is 5.82 Å². The van der Waals surface area contributed by atoms with Gasteiger partial charge in [0.05, 0.1) is 0 Å². The normalized spacial score (nSPS) is 12.5. The van der Waals surface area contributed by atoms with Crippen molar-refractivity contribution in [1.29, 1.82) is 0 Å². The van der Waals surface area contributed by atoms with Crippen molar-refractivity contribution in [1.82, 2.24) is 0 Å². The average Bonchev–Trinajstić information content (AvgIpc) is 2.22. The van der Waals surface area contributed by atoms with E-state index in [0.717, 1.165) is 0 Å². The molecule has 1 atom stereocenters. The van der Waals surface area contributed by atoms with E-state index in [1.54, 1.807) is 6.92 Å². The molecule has 1 aromatic carbocycles. The van der Waals surface area contributed by atoms with Gasteiger partial charge < -0.3 is 5.11 Å². The van der Waals surface area contributed by atoms with Crippen molar-refractivity contribution in [2.75, 3.05) is 0 Å². The van der Waals surface area contributed by atoms with Crippen molar-refractivity contribution in [3.8, 4) is 0 Å². The van der Waals surface area contributed by atoms with Crippen molar-refractivity contribution >= 4 is 17.4 Å². The highest BCUT2D eigenvalue weighted by Gasteiger charge is 2.15. The molecule has 1 unspecified atom stereocenters. The van der Waals surface area contributed by atoms with Crippen LogP contribution in [0.5, 0.6) is 0 Å². The lowest BCUT2D eigenvalue weighted by Gasteiger charge is -2.07. The van der Waals surface area contributed by atoms with Crippen LogP contribution in [-0.4, -0.2) is 17.0 Å². The first-order valence-electron chi connectivity index (χ1n) is 4.69. The van der Waals surface area contributed by atoms with Crippen molar-refractivity contribution in [3.05, 3.63) is 34.6 Å². The number of hydrogen-bond donors (Lipinski definition) is 1. The first-order chi connectivity index (χ1) is 7.04. The van der Waals surface area contributed by atoms with E-state index < -0.39 is 11.9 Å². The van der Waals surface area contributed by atoms with Gasteiger partial charge in [0, 0.05) is 11.4 Å². The van der Waals surface area contributed by atoms with Gasteiger partial charge in [0.25, 0.3) is 0 Å². The zero-order valence-corrected chi connectivity index (χ0v) is 9.09. The summed E-state index contributed by atoms with van der Waals surface area (Å²) in [5, 5.41) is 9.60. The number of hydrogen-bond acceptors (Lipinski definition) is 2. The van der Waals surface area contributed by atoms with Gasteiger partial charge in [0.15, 0.2) is 5.78 Å². The SMILES string of the molecule is CCC(O)C(=O)Cc1cc(F)ccc1Cl. The van der Waals surface area contributed by atoms with Gasteiger partial charge in [0.1, 0.15) is 11.9 Å². The Kier molecular flexibility index (Phi) is 4.24.